The fourth-order valence-electron chi connectivity index (χ4n) is 2.57. The summed E-state index contributed by atoms with van der Waals surface area (Å²) in [6.45, 7) is 0. The molecule has 0 bridgehead atoms. The summed E-state index contributed by atoms with van der Waals surface area (Å²) in [5, 5.41) is 3.78. The molecule has 3 N–H and O–H groups in total. The average Bonchev–Trinajstić information content (AvgIpc) is 2.66. The first-order valence-corrected chi connectivity index (χ1v) is 6.89. The van der Waals surface area contributed by atoms with Gasteiger partial charge in [-0.2, -0.15) is 4.98 Å². The highest BCUT2D eigenvalue weighted by Gasteiger charge is 2.18. The summed E-state index contributed by atoms with van der Waals surface area (Å²) in [5.41, 5.74) is 1.63. The summed E-state index contributed by atoms with van der Waals surface area (Å²) >= 11 is 5.93. The van der Waals surface area contributed by atoms with Gasteiger partial charge in [-0.25, -0.2) is 4.98 Å². The molecular weight excluding hydrogens is 250 g/mol. The smallest absolute Gasteiger partial charge is 0.306 e. The number of fused-ring (bicyclic) bond motifs is 1. The monoisotopic (exact) mass is 266 g/mol. The minimum absolute atomic E-state index is 0.273. The number of anilines is 1. The van der Waals surface area contributed by atoms with Crippen LogP contribution in [-0.2, 0) is 0 Å². The Labute approximate surface area is 110 Å². The molecule has 0 amide bonds. The average molecular weight is 267 g/mol. The van der Waals surface area contributed by atoms with Crippen LogP contribution in [0.3, 0.4) is 0 Å². The van der Waals surface area contributed by atoms with Gasteiger partial charge in [0.1, 0.15) is 0 Å². The van der Waals surface area contributed by atoms with Gasteiger partial charge in [-0.15, -0.1) is 0 Å². The quantitative estimate of drug-likeness (QED) is 0.648. The number of nitrogens with zero attached hydrogens (tertiary/aromatic N) is 2. The molecule has 18 heavy (non-hydrogen) atoms. The van der Waals surface area contributed by atoms with E-state index in [2.05, 4.69) is 25.3 Å². The van der Waals surface area contributed by atoms with Crippen molar-refractivity contribution in [1.29, 1.82) is 0 Å². The van der Waals surface area contributed by atoms with Crippen molar-refractivity contribution in [2.45, 2.75) is 44.6 Å². The van der Waals surface area contributed by atoms with Gasteiger partial charge in [0.2, 0.25) is 5.52 Å². The third kappa shape index (κ3) is 2.41. The Morgan fingerprint density at radius 1 is 1.22 bits per heavy atom. The first kappa shape index (κ1) is 11.7. The predicted molar refractivity (Wildman–Crippen MR) is 70.6 cm³/mol. The highest BCUT2D eigenvalue weighted by atomic mass is 35.5. The number of rotatable bonds is 2. The molecular formula is C12H17ClN5+. The van der Waals surface area contributed by atoms with Gasteiger partial charge in [0, 0.05) is 6.04 Å². The summed E-state index contributed by atoms with van der Waals surface area (Å²) in [6.07, 6.45) is 9.41. The maximum Gasteiger partial charge on any atom is 0.306 e. The zero-order valence-corrected chi connectivity index (χ0v) is 10.9. The third-order valence-corrected chi connectivity index (χ3v) is 3.67. The molecule has 1 aliphatic rings. The van der Waals surface area contributed by atoms with E-state index in [-0.39, 0.29) is 5.28 Å². The van der Waals surface area contributed by atoms with Crippen LogP contribution in [0.5, 0.6) is 0 Å². The molecule has 1 saturated carbocycles. The Kier molecular flexibility index (Phi) is 3.32. The fraction of sp³-hybridized carbons (Fsp3) is 0.583. The van der Waals surface area contributed by atoms with Crippen molar-refractivity contribution >= 4 is 28.6 Å². The van der Waals surface area contributed by atoms with Gasteiger partial charge in [0.05, 0.1) is 0 Å². The Balaban J connectivity index is 1.86. The van der Waals surface area contributed by atoms with Crippen molar-refractivity contribution in [1.82, 2.24) is 15.0 Å². The predicted octanol–water partition coefficient (Wildman–Crippen LogP) is 2.56. The molecule has 0 saturated heterocycles. The lowest BCUT2D eigenvalue weighted by atomic mass is 10.1. The highest BCUT2D eigenvalue weighted by molar-refractivity contribution is 6.28. The van der Waals surface area contributed by atoms with Gasteiger partial charge in [0.25, 0.3) is 0 Å². The van der Waals surface area contributed by atoms with Gasteiger partial charge in [-0.05, 0) is 24.4 Å². The van der Waals surface area contributed by atoms with Gasteiger partial charge in [0.15, 0.2) is 12.1 Å². The Morgan fingerprint density at radius 2 is 2.00 bits per heavy atom. The van der Waals surface area contributed by atoms with Crippen molar-refractivity contribution in [3.05, 3.63) is 11.6 Å². The molecule has 1 fully saturated rings. The first-order chi connectivity index (χ1) is 8.83. The molecule has 0 unspecified atom stereocenters. The number of halogens is 1. The highest BCUT2D eigenvalue weighted by Crippen LogP contribution is 2.23. The molecule has 2 heterocycles. The standard InChI is InChI=1S/C12H16ClN5/c13-12-17-10-9(14-7-15-10)11(18-12)16-8-5-3-1-2-4-6-8/h7-8H,1-6H2,(H2,14,15,16,17,18)/p+1. The van der Waals surface area contributed by atoms with Crippen molar-refractivity contribution in [2.24, 2.45) is 0 Å². The summed E-state index contributed by atoms with van der Waals surface area (Å²) in [7, 11) is 0. The second-order valence-corrected chi connectivity index (χ2v) is 5.17. The lowest BCUT2D eigenvalue weighted by Gasteiger charge is -2.16. The van der Waals surface area contributed by atoms with Crippen LogP contribution < -0.4 is 10.3 Å². The van der Waals surface area contributed by atoms with E-state index in [0.29, 0.717) is 6.04 Å². The Morgan fingerprint density at radius 3 is 2.78 bits per heavy atom. The third-order valence-electron chi connectivity index (χ3n) is 3.50. The number of hydrogen-bond donors (Lipinski definition) is 2. The van der Waals surface area contributed by atoms with Crippen LogP contribution in [-0.4, -0.2) is 21.0 Å². The molecule has 96 valence electrons. The van der Waals surface area contributed by atoms with E-state index in [1.54, 1.807) is 6.33 Å². The topological polar surface area (TPSA) is 67.7 Å². The van der Waals surface area contributed by atoms with E-state index < -0.39 is 0 Å². The Hall–Kier alpha value is -1.36. The van der Waals surface area contributed by atoms with E-state index in [9.17, 15) is 0 Å². The van der Waals surface area contributed by atoms with Crippen molar-refractivity contribution in [3.8, 4) is 0 Å². The number of aromatic nitrogens is 4. The minimum Gasteiger partial charge on any atom is -0.364 e. The number of H-pyrrole nitrogens is 2. The van der Waals surface area contributed by atoms with E-state index in [4.69, 9.17) is 11.6 Å². The summed E-state index contributed by atoms with van der Waals surface area (Å²) in [4.78, 5) is 14.6. The van der Waals surface area contributed by atoms with Crippen molar-refractivity contribution in [3.63, 3.8) is 0 Å². The molecule has 5 nitrogen and oxygen atoms in total. The molecule has 0 radical (unpaired) electrons. The lowest BCUT2D eigenvalue weighted by Crippen LogP contribution is -2.19. The van der Waals surface area contributed by atoms with E-state index in [1.165, 1.54) is 38.5 Å². The zero-order chi connectivity index (χ0) is 12.4. The van der Waals surface area contributed by atoms with Crippen LogP contribution in [0.2, 0.25) is 5.28 Å². The minimum atomic E-state index is 0.273. The second kappa shape index (κ2) is 5.10. The summed E-state index contributed by atoms with van der Waals surface area (Å²) < 4.78 is 0. The van der Waals surface area contributed by atoms with E-state index in [0.717, 1.165) is 17.0 Å². The molecule has 2 aromatic rings. The van der Waals surface area contributed by atoms with E-state index in [1.807, 2.05) is 0 Å². The van der Waals surface area contributed by atoms with Crippen LogP contribution in [0.25, 0.3) is 11.2 Å². The molecule has 2 aromatic heterocycles. The molecule has 0 spiro atoms. The molecule has 3 rings (SSSR count). The first-order valence-electron chi connectivity index (χ1n) is 6.52. The van der Waals surface area contributed by atoms with Crippen LogP contribution >= 0.6 is 11.6 Å². The Bertz CT molecular complexity index is 530. The van der Waals surface area contributed by atoms with Crippen LogP contribution in [0.4, 0.5) is 5.82 Å². The van der Waals surface area contributed by atoms with Gasteiger partial charge < -0.3 is 5.32 Å². The lowest BCUT2D eigenvalue weighted by molar-refractivity contribution is -0.347. The van der Waals surface area contributed by atoms with Gasteiger partial charge in [-0.1, -0.05) is 30.7 Å². The van der Waals surface area contributed by atoms with Gasteiger partial charge in [-0.3, -0.25) is 4.98 Å². The van der Waals surface area contributed by atoms with Gasteiger partial charge >= 0.3 is 10.9 Å². The van der Waals surface area contributed by atoms with Crippen LogP contribution in [0, 0.1) is 0 Å². The maximum absolute atomic E-state index is 5.93. The number of nitrogens with one attached hydrogen (secondary N) is 3. The van der Waals surface area contributed by atoms with Crippen LogP contribution in [0.15, 0.2) is 6.33 Å². The number of hydrogen-bond acceptors (Lipinski definition) is 3. The molecule has 1 aliphatic carbocycles. The van der Waals surface area contributed by atoms with Crippen molar-refractivity contribution < 1.29 is 4.98 Å². The molecule has 0 aliphatic heterocycles. The molecule has 0 atom stereocenters. The summed E-state index contributed by atoms with van der Waals surface area (Å²) in [5.74, 6) is 0.804. The SMILES string of the molecule is Clc1nc(NC2CCCCCC2)c2[nH]c[nH+]c2n1. The maximum atomic E-state index is 5.93. The molecule has 0 aromatic carbocycles. The van der Waals surface area contributed by atoms with Crippen molar-refractivity contribution in [2.75, 3.05) is 5.32 Å². The normalized spacial score (nSPS) is 17.8. The summed E-state index contributed by atoms with van der Waals surface area (Å²) in [6, 6.07) is 0.491. The van der Waals surface area contributed by atoms with Crippen LogP contribution in [0.1, 0.15) is 38.5 Å². The zero-order valence-electron chi connectivity index (χ0n) is 10.2. The second-order valence-electron chi connectivity index (χ2n) is 4.83. The number of imidazole rings is 1. The number of aromatic amines is 2. The van der Waals surface area contributed by atoms with E-state index >= 15 is 0 Å². The fourth-order valence-corrected chi connectivity index (χ4v) is 2.74. The molecule has 6 heteroatoms. The largest absolute Gasteiger partial charge is 0.364 e.